The number of oxazole rings is 2. The van der Waals surface area contributed by atoms with Gasteiger partial charge in [0.15, 0.2) is 22.7 Å². The fourth-order valence-corrected chi connectivity index (χ4v) is 7.89. The molecule has 2 aromatic heterocycles. The van der Waals surface area contributed by atoms with Crippen molar-refractivity contribution in [1.29, 1.82) is 0 Å². The third-order valence-electron chi connectivity index (χ3n) is 11.3. The van der Waals surface area contributed by atoms with E-state index in [1.165, 1.54) is 17.2 Å². The molecule has 0 radical (unpaired) electrons. The van der Waals surface area contributed by atoms with Crippen molar-refractivity contribution < 1.29 is 28.0 Å². The number of unbranched alkanes of at least 4 members (excludes halogenated alkanes) is 3. The van der Waals surface area contributed by atoms with Crippen molar-refractivity contribution in [2.75, 3.05) is 13.1 Å². The molecule has 2 N–H and O–H groups in total. The van der Waals surface area contributed by atoms with E-state index < -0.39 is 23.6 Å². The number of ketones is 2. The van der Waals surface area contributed by atoms with Crippen LogP contribution in [0.15, 0.2) is 164 Å². The molecular weight excluding hydrogens is 892 g/mol. The highest BCUT2D eigenvalue weighted by molar-refractivity contribution is 6.31. The predicted octanol–water partition coefficient (Wildman–Crippen LogP) is 11.5. The van der Waals surface area contributed by atoms with E-state index in [0.29, 0.717) is 51.3 Å². The summed E-state index contributed by atoms with van der Waals surface area (Å²) >= 11 is 11.8. The highest BCUT2D eigenvalue weighted by Gasteiger charge is 2.22. The third kappa shape index (κ3) is 12.1. The number of halogens is 2. The molecule has 2 amide bonds. The third-order valence-corrected chi connectivity index (χ3v) is 11.8. The summed E-state index contributed by atoms with van der Waals surface area (Å²) in [4.78, 5) is 75.7. The molecule has 8 aromatic rings. The van der Waals surface area contributed by atoms with Crippen LogP contribution in [0.3, 0.4) is 0 Å². The zero-order valence-corrected chi connectivity index (χ0v) is 38.2. The monoisotopic (exact) mass is 938 g/mol. The molecule has 2 heterocycles. The van der Waals surface area contributed by atoms with Gasteiger partial charge in [-0.3, -0.25) is 9.59 Å². The molecule has 0 aliphatic heterocycles. The first-order valence-corrected chi connectivity index (χ1v) is 22.8. The number of amides is 2. The minimum absolute atomic E-state index is 0.0838. The van der Waals surface area contributed by atoms with E-state index in [4.69, 9.17) is 32.0 Å². The van der Waals surface area contributed by atoms with Gasteiger partial charge in [-0.25, -0.2) is 19.2 Å². The summed E-state index contributed by atoms with van der Waals surface area (Å²) in [5, 5.41) is 6.60. The lowest BCUT2D eigenvalue weighted by Gasteiger charge is -2.11. The summed E-state index contributed by atoms with van der Waals surface area (Å²) in [6.45, 7) is 3.08. The van der Waals surface area contributed by atoms with Gasteiger partial charge in [-0.05, 0) is 128 Å². The highest BCUT2D eigenvalue weighted by Crippen LogP contribution is 2.24. The van der Waals surface area contributed by atoms with Gasteiger partial charge in [-0.2, -0.15) is 9.13 Å². The number of nitrogens with zero attached hydrogens (tertiary/aromatic N) is 2. The van der Waals surface area contributed by atoms with Crippen molar-refractivity contribution in [1.82, 2.24) is 19.8 Å². The van der Waals surface area contributed by atoms with Crippen LogP contribution in [0.4, 0.5) is 9.59 Å². The van der Waals surface area contributed by atoms with Gasteiger partial charge in [0.1, 0.15) is 5.52 Å². The zero-order valence-electron chi connectivity index (χ0n) is 36.7. The van der Waals surface area contributed by atoms with Crippen LogP contribution in [0.2, 0.25) is 10.0 Å². The summed E-state index contributed by atoms with van der Waals surface area (Å²) in [6, 6.07) is 41.8. The Morgan fingerprint density at radius 3 is 1.75 bits per heavy atom. The lowest BCUT2D eigenvalue weighted by molar-refractivity contribution is 0.103. The normalized spacial score (nSPS) is 11.4. The van der Waals surface area contributed by atoms with Gasteiger partial charge in [0.25, 0.3) is 0 Å². The molecule has 1 unspecified atom stereocenters. The van der Waals surface area contributed by atoms with Crippen LogP contribution in [0.1, 0.15) is 94.3 Å². The summed E-state index contributed by atoms with van der Waals surface area (Å²) < 4.78 is 12.4. The van der Waals surface area contributed by atoms with Crippen molar-refractivity contribution in [2.24, 2.45) is 0 Å². The predicted molar refractivity (Wildman–Crippen MR) is 261 cm³/mol. The lowest BCUT2D eigenvalue weighted by Crippen LogP contribution is -2.34. The van der Waals surface area contributed by atoms with E-state index in [-0.39, 0.29) is 33.8 Å². The molecule has 0 bridgehead atoms. The second-order valence-electron chi connectivity index (χ2n) is 16.0. The summed E-state index contributed by atoms with van der Waals surface area (Å²) in [5.41, 5.74) is 4.85. The van der Waals surface area contributed by atoms with Crippen LogP contribution in [0.25, 0.3) is 22.2 Å². The molecule has 0 fully saturated rings. The van der Waals surface area contributed by atoms with Gasteiger partial charge in [0.2, 0.25) is 0 Å². The number of hydrogen-bond acceptors (Lipinski definition) is 8. The van der Waals surface area contributed by atoms with Crippen LogP contribution in [-0.2, 0) is 6.42 Å². The number of benzene rings is 6. The Kier molecular flexibility index (Phi) is 16.2. The van der Waals surface area contributed by atoms with Crippen molar-refractivity contribution in [3.05, 3.63) is 210 Å². The minimum Gasteiger partial charge on any atom is -0.407 e. The maximum atomic E-state index is 12.9. The van der Waals surface area contributed by atoms with Gasteiger partial charge >= 0.3 is 23.6 Å². The molecule has 0 aliphatic rings. The number of hydrogen-bond donors (Lipinski definition) is 2. The van der Waals surface area contributed by atoms with Crippen LogP contribution < -0.4 is 22.1 Å². The molecule has 0 saturated carbocycles. The van der Waals surface area contributed by atoms with Crippen molar-refractivity contribution in [3.63, 3.8) is 0 Å². The quantitative estimate of drug-likeness (QED) is 0.0714. The van der Waals surface area contributed by atoms with E-state index in [9.17, 15) is 28.8 Å². The average Bonchev–Trinajstić information content (AvgIpc) is 3.87. The largest absolute Gasteiger partial charge is 0.428 e. The Labute approximate surface area is 396 Å². The molecule has 67 heavy (non-hydrogen) atoms. The average molecular weight is 940 g/mol. The maximum absolute atomic E-state index is 12.9. The van der Waals surface area contributed by atoms with E-state index in [0.717, 1.165) is 54.1 Å². The maximum Gasteiger partial charge on any atom is 0.428 e. The smallest absolute Gasteiger partial charge is 0.407 e. The van der Waals surface area contributed by atoms with Gasteiger partial charge in [0.05, 0.1) is 11.1 Å². The molecule has 0 aliphatic carbocycles. The van der Waals surface area contributed by atoms with Crippen LogP contribution in [0, 0.1) is 0 Å². The summed E-state index contributed by atoms with van der Waals surface area (Å²) in [5.74, 6) is -1.73. The fourth-order valence-electron chi connectivity index (χ4n) is 7.64. The van der Waals surface area contributed by atoms with Crippen molar-refractivity contribution >= 4 is 69.0 Å². The molecule has 0 spiro atoms. The molecule has 8 rings (SSSR count). The van der Waals surface area contributed by atoms with Crippen molar-refractivity contribution in [2.45, 2.75) is 57.8 Å². The fraction of sp³-hybridized carbons (Fsp3) is 0.208. The zero-order chi connectivity index (χ0) is 47.3. The minimum atomic E-state index is -0.831. The number of nitrogens with one attached hydrogen (secondary N) is 2. The summed E-state index contributed by atoms with van der Waals surface area (Å²) in [7, 11) is 0. The second-order valence-corrected chi connectivity index (χ2v) is 16.9. The number of aryl methyl sites for hydroxylation is 1. The van der Waals surface area contributed by atoms with Crippen LogP contribution in [-0.4, -0.2) is 45.9 Å². The number of carbonyl (C=O) groups is 4. The van der Waals surface area contributed by atoms with Crippen molar-refractivity contribution in [3.8, 4) is 0 Å². The highest BCUT2D eigenvalue weighted by atomic mass is 35.5. The number of rotatable bonds is 16. The van der Waals surface area contributed by atoms with Crippen LogP contribution in [0.5, 0.6) is 0 Å². The Balaban J connectivity index is 0.000000199. The first kappa shape index (κ1) is 47.7. The molecule has 14 heteroatoms. The molecule has 0 saturated heterocycles. The first-order valence-electron chi connectivity index (χ1n) is 22.0. The Hall–Kier alpha value is -7.28. The number of fused-ring (bicyclic) bond motifs is 2. The molecular formula is C53H48Cl2N4O8. The van der Waals surface area contributed by atoms with E-state index >= 15 is 0 Å². The van der Waals surface area contributed by atoms with E-state index in [1.807, 2.05) is 36.4 Å². The number of para-hydroxylation sites is 1. The van der Waals surface area contributed by atoms with Gasteiger partial charge in [-0.1, -0.05) is 110 Å². The van der Waals surface area contributed by atoms with Gasteiger partial charge in [-0.15, -0.1) is 0 Å². The second kappa shape index (κ2) is 22.8. The van der Waals surface area contributed by atoms with Crippen LogP contribution >= 0.6 is 23.2 Å². The number of aromatic nitrogens is 2. The van der Waals surface area contributed by atoms with E-state index in [2.05, 4.69) is 41.8 Å². The number of carbonyl (C=O) groups excluding carboxylic acids is 4. The molecule has 1 atom stereocenters. The van der Waals surface area contributed by atoms with E-state index in [1.54, 1.807) is 78.9 Å². The van der Waals surface area contributed by atoms with Gasteiger partial charge in [0, 0.05) is 39.8 Å². The molecule has 12 nitrogen and oxygen atoms in total. The Bertz CT molecular complexity index is 3100. The Morgan fingerprint density at radius 1 is 0.552 bits per heavy atom. The molecule has 342 valence electrons. The van der Waals surface area contributed by atoms with Gasteiger partial charge < -0.3 is 19.5 Å². The SMILES string of the molecule is CC(CCCCNC(=O)n1c(=O)oc2cc(C(=O)c3ccc(Cl)cc3)ccc21)c1ccccc1.O=C(c1ccc(Cl)cc1)c1cccc2c1oc(=O)n2C(=O)NCCCCCc1ccccc1. The topological polar surface area (TPSA) is 163 Å². The lowest BCUT2D eigenvalue weighted by atomic mass is 9.95. The molecule has 6 aromatic carbocycles. The first-order chi connectivity index (χ1) is 32.5. The standard InChI is InChI=1S/C27H25ClN2O4.C26H23ClN2O4/c1-18(19-8-3-2-4-9-19)7-5-6-16-29-26(32)30-23-15-12-21(17-24(23)34-27(30)33)25(31)20-10-13-22(28)14-11-20;27-20-15-13-19(14-16-20)23(30)21-11-7-12-22-24(21)33-26(32)29(22)25(31)28-17-6-2-5-10-18-8-3-1-4-9-18/h2-4,8-15,17-18H,5-7,16H2,1H3,(H,29,32);1,3-4,7-9,11-16H,2,5-6,10,17H2,(H,28,31). The summed E-state index contributed by atoms with van der Waals surface area (Å²) in [6.07, 6.45) is 6.52. The Morgan fingerprint density at radius 2 is 1.10 bits per heavy atom.